The molecule has 1 saturated carbocycles. The van der Waals surface area contributed by atoms with Crippen LogP contribution < -0.4 is 10.2 Å². The number of nitrogens with zero attached hydrogens (tertiary/aromatic N) is 2. The summed E-state index contributed by atoms with van der Waals surface area (Å²) in [5, 5.41) is 4.76. The molecule has 0 amide bonds. The SMILES string of the molecule is CCNCc1sc(N2CCC(C)(CC)CC2)nc1C1CC1. The van der Waals surface area contributed by atoms with Crippen molar-refractivity contribution in [1.29, 1.82) is 0 Å². The first-order valence-electron chi connectivity index (χ1n) is 8.60. The molecule has 0 spiro atoms. The summed E-state index contributed by atoms with van der Waals surface area (Å²) in [5.74, 6) is 0.759. The van der Waals surface area contributed by atoms with E-state index in [1.54, 1.807) is 0 Å². The first kappa shape index (κ1) is 15.3. The molecule has 2 aliphatic rings. The Morgan fingerprint density at radius 3 is 2.57 bits per heavy atom. The van der Waals surface area contributed by atoms with Crippen LogP contribution >= 0.6 is 11.3 Å². The molecule has 0 aromatic carbocycles. The van der Waals surface area contributed by atoms with Crippen LogP contribution in [0.4, 0.5) is 5.13 Å². The fourth-order valence-electron chi connectivity index (χ4n) is 3.12. The lowest BCUT2D eigenvalue weighted by Crippen LogP contribution is -2.38. The summed E-state index contributed by atoms with van der Waals surface area (Å²) in [4.78, 5) is 9.04. The summed E-state index contributed by atoms with van der Waals surface area (Å²) in [5.41, 5.74) is 1.96. The number of anilines is 1. The van der Waals surface area contributed by atoms with E-state index in [0.717, 1.165) is 19.0 Å². The van der Waals surface area contributed by atoms with Crippen molar-refractivity contribution in [2.45, 2.75) is 65.3 Å². The minimum atomic E-state index is 0.555. The summed E-state index contributed by atoms with van der Waals surface area (Å²) < 4.78 is 0. The van der Waals surface area contributed by atoms with E-state index < -0.39 is 0 Å². The number of aromatic nitrogens is 1. The van der Waals surface area contributed by atoms with Gasteiger partial charge < -0.3 is 10.2 Å². The Balaban J connectivity index is 1.71. The van der Waals surface area contributed by atoms with Gasteiger partial charge in [-0.25, -0.2) is 4.98 Å². The first-order valence-corrected chi connectivity index (χ1v) is 9.42. The van der Waals surface area contributed by atoms with Gasteiger partial charge in [-0.05, 0) is 37.6 Å². The standard InChI is InChI=1S/C17H29N3S/c1-4-17(3)8-10-20(11-9-17)16-19-15(13-6-7-13)14(21-16)12-18-5-2/h13,18H,4-12H2,1-3H3. The molecule has 0 radical (unpaired) electrons. The van der Waals surface area contributed by atoms with E-state index in [0.29, 0.717) is 5.41 Å². The number of rotatable bonds is 6. The molecule has 1 aromatic rings. The van der Waals surface area contributed by atoms with Crippen LogP contribution in [0.1, 0.15) is 69.4 Å². The third kappa shape index (κ3) is 3.42. The molecule has 2 fully saturated rings. The second kappa shape index (κ2) is 6.25. The molecule has 118 valence electrons. The third-order valence-corrected chi connectivity index (χ3v) is 6.44. The van der Waals surface area contributed by atoms with Crippen molar-refractivity contribution < 1.29 is 0 Å². The summed E-state index contributed by atoms with van der Waals surface area (Å²) >= 11 is 1.93. The van der Waals surface area contributed by atoms with Crippen LogP contribution in [0.25, 0.3) is 0 Å². The topological polar surface area (TPSA) is 28.2 Å². The van der Waals surface area contributed by atoms with Crippen LogP contribution in [0.3, 0.4) is 0 Å². The Labute approximate surface area is 133 Å². The van der Waals surface area contributed by atoms with Crippen molar-refractivity contribution in [1.82, 2.24) is 10.3 Å². The Hall–Kier alpha value is -0.610. The van der Waals surface area contributed by atoms with E-state index in [1.807, 2.05) is 11.3 Å². The zero-order valence-electron chi connectivity index (χ0n) is 13.7. The van der Waals surface area contributed by atoms with Gasteiger partial charge in [0.2, 0.25) is 0 Å². The van der Waals surface area contributed by atoms with E-state index in [9.17, 15) is 0 Å². The zero-order chi connectivity index (χ0) is 14.9. The quantitative estimate of drug-likeness (QED) is 0.856. The molecule has 1 aromatic heterocycles. The second-order valence-corrected chi connectivity index (χ2v) is 8.07. The van der Waals surface area contributed by atoms with Gasteiger partial charge >= 0.3 is 0 Å². The van der Waals surface area contributed by atoms with Crippen LogP contribution in [0.15, 0.2) is 0 Å². The lowest BCUT2D eigenvalue weighted by molar-refractivity contribution is 0.238. The fourth-order valence-corrected chi connectivity index (χ4v) is 4.29. The average molecular weight is 308 g/mol. The predicted octanol–water partition coefficient (Wildman–Crippen LogP) is 4.15. The summed E-state index contributed by atoms with van der Waals surface area (Å²) in [7, 11) is 0. The predicted molar refractivity (Wildman–Crippen MR) is 91.3 cm³/mol. The molecular formula is C17H29N3S. The highest BCUT2D eigenvalue weighted by molar-refractivity contribution is 7.15. The number of thiazole rings is 1. The Morgan fingerprint density at radius 2 is 2.00 bits per heavy atom. The molecular weight excluding hydrogens is 278 g/mol. The lowest BCUT2D eigenvalue weighted by atomic mass is 9.78. The van der Waals surface area contributed by atoms with Crippen molar-refractivity contribution in [2.24, 2.45) is 5.41 Å². The zero-order valence-corrected chi connectivity index (χ0v) is 14.6. The molecule has 1 aliphatic carbocycles. The molecule has 0 bridgehead atoms. The van der Waals surface area contributed by atoms with Crippen LogP contribution in [-0.2, 0) is 6.54 Å². The van der Waals surface area contributed by atoms with E-state index in [1.165, 1.54) is 60.9 Å². The molecule has 0 unspecified atom stereocenters. The second-order valence-electron chi connectivity index (χ2n) is 7.01. The largest absolute Gasteiger partial charge is 0.348 e. The summed E-state index contributed by atoms with van der Waals surface area (Å²) in [6.07, 6.45) is 6.61. The Bertz CT molecular complexity index is 470. The van der Waals surface area contributed by atoms with Crippen molar-refractivity contribution in [3.8, 4) is 0 Å². The molecule has 4 heteroatoms. The number of piperidine rings is 1. The van der Waals surface area contributed by atoms with Gasteiger partial charge in [0.15, 0.2) is 5.13 Å². The van der Waals surface area contributed by atoms with Gasteiger partial charge in [0, 0.05) is 30.4 Å². The van der Waals surface area contributed by atoms with Gasteiger partial charge in [-0.2, -0.15) is 0 Å². The van der Waals surface area contributed by atoms with E-state index in [-0.39, 0.29) is 0 Å². The maximum Gasteiger partial charge on any atom is 0.185 e. The van der Waals surface area contributed by atoms with Gasteiger partial charge in [-0.3, -0.25) is 0 Å². The third-order valence-electron chi connectivity index (χ3n) is 5.31. The average Bonchev–Trinajstić information content (AvgIpc) is 3.26. The van der Waals surface area contributed by atoms with Crippen molar-refractivity contribution in [3.05, 3.63) is 10.6 Å². The molecule has 1 N–H and O–H groups in total. The van der Waals surface area contributed by atoms with Gasteiger partial charge in [-0.15, -0.1) is 11.3 Å². The molecule has 0 atom stereocenters. The molecule has 21 heavy (non-hydrogen) atoms. The minimum Gasteiger partial charge on any atom is -0.348 e. The van der Waals surface area contributed by atoms with E-state index in [2.05, 4.69) is 31.0 Å². The normalized spacial score (nSPS) is 21.8. The Kier molecular flexibility index (Phi) is 4.55. The lowest BCUT2D eigenvalue weighted by Gasteiger charge is -2.38. The fraction of sp³-hybridized carbons (Fsp3) is 0.824. The molecule has 3 rings (SSSR count). The van der Waals surface area contributed by atoms with Crippen LogP contribution in [0.2, 0.25) is 0 Å². The van der Waals surface area contributed by atoms with Crippen LogP contribution in [0.5, 0.6) is 0 Å². The van der Waals surface area contributed by atoms with Crippen molar-refractivity contribution in [3.63, 3.8) is 0 Å². The monoisotopic (exact) mass is 307 g/mol. The van der Waals surface area contributed by atoms with E-state index in [4.69, 9.17) is 4.98 Å². The van der Waals surface area contributed by atoms with Gasteiger partial charge in [-0.1, -0.05) is 27.2 Å². The first-order chi connectivity index (χ1) is 10.1. The smallest absolute Gasteiger partial charge is 0.185 e. The maximum absolute atomic E-state index is 5.03. The molecule has 3 nitrogen and oxygen atoms in total. The highest BCUT2D eigenvalue weighted by Crippen LogP contribution is 2.45. The van der Waals surface area contributed by atoms with Gasteiger partial charge in [0.25, 0.3) is 0 Å². The summed E-state index contributed by atoms with van der Waals surface area (Å²) in [6, 6.07) is 0. The van der Waals surface area contributed by atoms with Gasteiger partial charge in [0.05, 0.1) is 5.69 Å². The minimum absolute atomic E-state index is 0.555. The molecule has 2 heterocycles. The molecule has 1 aliphatic heterocycles. The number of nitrogens with one attached hydrogen (secondary N) is 1. The number of hydrogen-bond acceptors (Lipinski definition) is 4. The van der Waals surface area contributed by atoms with Crippen LogP contribution in [0, 0.1) is 5.41 Å². The van der Waals surface area contributed by atoms with Crippen LogP contribution in [-0.4, -0.2) is 24.6 Å². The maximum atomic E-state index is 5.03. The van der Waals surface area contributed by atoms with Crippen molar-refractivity contribution in [2.75, 3.05) is 24.5 Å². The highest BCUT2D eigenvalue weighted by atomic mass is 32.1. The Morgan fingerprint density at radius 1 is 1.29 bits per heavy atom. The highest BCUT2D eigenvalue weighted by Gasteiger charge is 2.33. The number of hydrogen-bond donors (Lipinski definition) is 1. The van der Waals surface area contributed by atoms with Crippen molar-refractivity contribution >= 4 is 16.5 Å². The summed E-state index contributed by atoms with van der Waals surface area (Å²) in [6.45, 7) is 11.4. The van der Waals surface area contributed by atoms with Gasteiger partial charge in [0.1, 0.15) is 0 Å². The molecule has 1 saturated heterocycles. The van der Waals surface area contributed by atoms with E-state index >= 15 is 0 Å².